The van der Waals surface area contributed by atoms with E-state index < -0.39 is 22.7 Å². The molecule has 0 saturated heterocycles. The second-order valence-electron chi connectivity index (χ2n) is 7.54. The molecule has 3 rings (SSSR count). The summed E-state index contributed by atoms with van der Waals surface area (Å²) in [4.78, 5) is 12.1. The summed E-state index contributed by atoms with van der Waals surface area (Å²) in [5, 5.41) is 1.96. The highest BCUT2D eigenvalue weighted by Gasteiger charge is 2.33. The number of carbonyl (C=O) groups excluding carboxylic acids is 1. The van der Waals surface area contributed by atoms with E-state index in [1.807, 2.05) is 30.3 Å². The Morgan fingerprint density at radius 3 is 2.16 bits per heavy atom. The third-order valence-electron chi connectivity index (χ3n) is 5.00. The van der Waals surface area contributed by atoms with Crippen molar-refractivity contribution in [2.75, 3.05) is 11.9 Å². The standard InChI is InChI=1S/C24H21ClF3NO2/c1-23(2,16-6-4-3-5-7-16)17-8-11-19(12-9-17)31-15-22(30)29-18-10-13-21(25)20(14-18)24(26,27)28/h3-14H,15H2,1-2H3,(H,29,30). The molecule has 0 aliphatic carbocycles. The Morgan fingerprint density at radius 1 is 0.935 bits per heavy atom. The largest absolute Gasteiger partial charge is 0.484 e. The molecule has 0 heterocycles. The Bertz CT molecular complexity index is 1050. The van der Waals surface area contributed by atoms with E-state index in [-0.39, 0.29) is 17.7 Å². The number of halogens is 4. The SMILES string of the molecule is CC(C)(c1ccccc1)c1ccc(OCC(=O)Nc2ccc(Cl)c(C(F)(F)F)c2)cc1. The van der Waals surface area contributed by atoms with Crippen molar-refractivity contribution in [3.8, 4) is 5.75 Å². The van der Waals surface area contributed by atoms with Gasteiger partial charge in [0.25, 0.3) is 5.91 Å². The fraction of sp³-hybridized carbons (Fsp3) is 0.208. The summed E-state index contributed by atoms with van der Waals surface area (Å²) in [7, 11) is 0. The Kier molecular flexibility index (Phi) is 6.60. The lowest BCUT2D eigenvalue weighted by atomic mass is 9.78. The van der Waals surface area contributed by atoms with E-state index in [1.54, 1.807) is 12.1 Å². The van der Waals surface area contributed by atoms with Crippen LogP contribution in [0.25, 0.3) is 0 Å². The molecule has 0 atom stereocenters. The quantitative estimate of drug-likeness (QED) is 0.456. The van der Waals surface area contributed by atoms with Crippen LogP contribution in [-0.4, -0.2) is 12.5 Å². The lowest BCUT2D eigenvalue weighted by Crippen LogP contribution is -2.21. The Labute approximate surface area is 183 Å². The van der Waals surface area contributed by atoms with Gasteiger partial charge in [-0.2, -0.15) is 13.2 Å². The minimum absolute atomic E-state index is 0.00900. The first-order chi connectivity index (χ1) is 14.6. The van der Waals surface area contributed by atoms with Gasteiger partial charge in [-0.3, -0.25) is 4.79 Å². The first kappa shape index (κ1) is 22.7. The Balaban J connectivity index is 1.61. The molecular weight excluding hydrogens is 427 g/mol. The van der Waals surface area contributed by atoms with Crippen LogP contribution < -0.4 is 10.1 Å². The number of hydrogen-bond acceptors (Lipinski definition) is 2. The zero-order valence-corrected chi connectivity index (χ0v) is 17.7. The van der Waals surface area contributed by atoms with E-state index in [9.17, 15) is 18.0 Å². The number of rotatable bonds is 6. The van der Waals surface area contributed by atoms with Crippen molar-refractivity contribution in [2.24, 2.45) is 0 Å². The molecule has 0 bridgehead atoms. The maximum absolute atomic E-state index is 12.9. The van der Waals surface area contributed by atoms with Crippen LogP contribution in [0.3, 0.4) is 0 Å². The van der Waals surface area contributed by atoms with Crippen molar-refractivity contribution >= 4 is 23.2 Å². The minimum Gasteiger partial charge on any atom is -0.484 e. The van der Waals surface area contributed by atoms with Crippen LogP contribution in [0, 0.1) is 0 Å². The van der Waals surface area contributed by atoms with Crippen LogP contribution in [0.5, 0.6) is 5.75 Å². The molecule has 0 unspecified atom stereocenters. The van der Waals surface area contributed by atoms with Gasteiger partial charge in [-0.1, -0.05) is 67.9 Å². The Hall–Kier alpha value is -2.99. The molecule has 3 nitrogen and oxygen atoms in total. The summed E-state index contributed by atoms with van der Waals surface area (Å²) in [6.45, 7) is 3.89. The molecule has 3 aromatic rings. The van der Waals surface area contributed by atoms with E-state index >= 15 is 0 Å². The topological polar surface area (TPSA) is 38.3 Å². The van der Waals surface area contributed by atoms with Gasteiger partial charge < -0.3 is 10.1 Å². The summed E-state index contributed by atoms with van der Waals surface area (Å²) in [6.07, 6.45) is -4.61. The van der Waals surface area contributed by atoms with Crippen LogP contribution in [0.2, 0.25) is 5.02 Å². The number of alkyl halides is 3. The molecule has 0 spiro atoms. The third-order valence-corrected chi connectivity index (χ3v) is 5.33. The van der Waals surface area contributed by atoms with Gasteiger partial charge in [-0.25, -0.2) is 0 Å². The van der Waals surface area contributed by atoms with E-state index in [2.05, 4.69) is 31.3 Å². The molecular formula is C24H21ClF3NO2. The predicted octanol–water partition coefficient (Wildman–Crippen LogP) is 6.70. The van der Waals surface area contributed by atoms with Crippen LogP contribution in [0.1, 0.15) is 30.5 Å². The van der Waals surface area contributed by atoms with Crippen molar-refractivity contribution in [3.63, 3.8) is 0 Å². The van der Waals surface area contributed by atoms with E-state index in [1.165, 1.54) is 11.6 Å². The van der Waals surface area contributed by atoms with Gasteiger partial charge >= 0.3 is 6.18 Å². The number of hydrogen-bond donors (Lipinski definition) is 1. The van der Waals surface area contributed by atoms with Gasteiger partial charge in [0.05, 0.1) is 10.6 Å². The van der Waals surface area contributed by atoms with Crippen molar-refractivity contribution < 1.29 is 22.7 Å². The summed E-state index contributed by atoms with van der Waals surface area (Å²) >= 11 is 5.59. The van der Waals surface area contributed by atoms with Gasteiger partial charge in [0.1, 0.15) is 5.75 Å². The number of carbonyl (C=O) groups is 1. The van der Waals surface area contributed by atoms with Crippen LogP contribution in [0.15, 0.2) is 72.8 Å². The highest BCUT2D eigenvalue weighted by Crippen LogP contribution is 2.36. The third kappa shape index (κ3) is 5.58. The molecule has 0 radical (unpaired) electrons. The summed E-state index contributed by atoms with van der Waals surface area (Å²) in [5.41, 5.74) is 1.03. The number of ether oxygens (including phenoxy) is 1. The first-order valence-corrected chi connectivity index (χ1v) is 9.90. The maximum Gasteiger partial charge on any atom is 0.417 e. The average Bonchev–Trinajstić information content (AvgIpc) is 2.74. The second kappa shape index (κ2) is 9.02. The zero-order valence-electron chi connectivity index (χ0n) is 17.0. The van der Waals surface area contributed by atoms with Crippen LogP contribution in [-0.2, 0) is 16.4 Å². The molecule has 31 heavy (non-hydrogen) atoms. The number of anilines is 1. The fourth-order valence-electron chi connectivity index (χ4n) is 3.16. The van der Waals surface area contributed by atoms with Crippen molar-refractivity contribution in [2.45, 2.75) is 25.4 Å². The van der Waals surface area contributed by atoms with Crippen molar-refractivity contribution in [1.29, 1.82) is 0 Å². The highest BCUT2D eigenvalue weighted by molar-refractivity contribution is 6.31. The number of nitrogens with one attached hydrogen (secondary N) is 1. The minimum atomic E-state index is -4.61. The summed E-state index contributed by atoms with van der Waals surface area (Å²) in [6, 6.07) is 20.6. The van der Waals surface area contributed by atoms with Gasteiger partial charge in [0, 0.05) is 11.1 Å². The van der Waals surface area contributed by atoms with Gasteiger partial charge in [-0.15, -0.1) is 0 Å². The maximum atomic E-state index is 12.9. The first-order valence-electron chi connectivity index (χ1n) is 9.53. The predicted molar refractivity (Wildman–Crippen MR) is 116 cm³/mol. The van der Waals surface area contributed by atoms with Crippen LogP contribution in [0.4, 0.5) is 18.9 Å². The smallest absolute Gasteiger partial charge is 0.417 e. The molecule has 0 aromatic heterocycles. The fourth-order valence-corrected chi connectivity index (χ4v) is 3.38. The van der Waals surface area contributed by atoms with E-state index in [0.29, 0.717) is 5.75 Å². The molecule has 0 aliphatic rings. The second-order valence-corrected chi connectivity index (χ2v) is 7.95. The molecule has 1 N–H and O–H groups in total. The lowest BCUT2D eigenvalue weighted by Gasteiger charge is -2.26. The van der Waals surface area contributed by atoms with E-state index in [0.717, 1.165) is 17.7 Å². The van der Waals surface area contributed by atoms with Crippen molar-refractivity contribution in [1.82, 2.24) is 0 Å². The molecule has 0 saturated carbocycles. The highest BCUT2D eigenvalue weighted by atomic mass is 35.5. The molecule has 0 fully saturated rings. The molecule has 162 valence electrons. The lowest BCUT2D eigenvalue weighted by molar-refractivity contribution is -0.137. The molecule has 0 aliphatic heterocycles. The monoisotopic (exact) mass is 447 g/mol. The number of benzene rings is 3. The molecule has 3 aromatic carbocycles. The van der Waals surface area contributed by atoms with Crippen molar-refractivity contribution in [3.05, 3.63) is 94.5 Å². The molecule has 7 heteroatoms. The van der Waals surface area contributed by atoms with Gasteiger partial charge in [0.2, 0.25) is 0 Å². The normalized spacial score (nSPS) is 11.8. The zero-order chi connectivity index (χ0) is 22.6. The number of amides is 1. The van der Waals surface area contributed by atoms with Crippen LogP contribution >= 0.6 is 11.6 Å². The van der Waals surface area contributed by atoms with Gasteiger partial charge in [0.15, 0.2) is 6.61 Å². The Morgan fingerprint density at radius 2 is 1.55 bits per heavy atom. The summed E-state index contributed by atoms with van der Waals surface area (Å²) in [5.74, 6) is -0.0982. The average molecular weight is 448 g/mol. The van der Waals surface area contributed by atoms with Gasteiger partial charge in [-0.05, 0) is 41.5 Å². The molecule has 1 amide bonds. The summed E-state index contributed by atoms with van der Waals surface area (Å²) < 4.78 is 44.3. The van der Waals surface area contributed by atoms with E-state index in [4.69, 9.17) is 16.3 Å².